The van der Waals surface area contributed by atoms with E-state index in [2.05, 4.69) is 18.3 Å². The van der Waals surface area contributed by atoms with Crippen LogP contribution in [0, 0.1) is 0 Å². The first-order valence-electron chi connectivity index (χ1n) is 4.33. The van der Waals surface area contributed by atoms with Crippen LogP contribution in [0.25, 0.3) is 0 Å². The number of thioether (sulfide) groups is 1. The normalized spacial score (nSPS) is 10.4. The van der Waals surface area contributed by atoms with E-state index in [1.165, 1.54) is 10.5 Å². The highest BCUT2D eigenvalue weighted by Crippen LogP contribution is 2.23. The molecule has 0 aromatic heterocycles. The monoisotopic (exact) mass is 215 g/mol. The van der Waals surface area contributed by atoms with Gasteiger partial charge < -0.3 is 5.32 Å². The quantitative estimate of drug-likeness (QED) is 0.775. The van der Waals surface area contributed by atoms with Crippen LogP contribution in [0.5, 0.6) is 0 Å². The second kappa shape index (κ2) is 5.53. The van der Waals surface area contributed by atoms with Gasteiger partial charge in [-0.15, -0.1) is 11.8 Å². The third-order valence-electron chi connectivity index (χ3n) is 1.62. The van der Waals surface area contributed by atoms with Crippen LogP contribution in [0.4, 0.5) is 0 Å². The van der Waals surface area contributed by atoms with Crippen LogP contribution in [0.2, 0.25) is 5.02 Å². The van der Waals surface area contributed by atoms with Gasteiger partial charge in [0.15, 0.2) is 0 Å². The SMILES string of the molecule is CCSc1cc(Cl)cc(CNC)c1. The lowest BCUT2D eigenvalue weighted by molar-refractivity contribution is 0.815. The van der Waals surface area contributed by atoms with Crippen molar-refractivity contribution in [3.63, 3.8) is 0 Å². The Kier molecular flexibility index (Phi) is 4.64. The summed E-state index contributed by atoms with van der Waals surface area (Å²) in [5, 5.41) is 3.94. The van der Waals surface area contributed by atoms with E-state index in [9.17, 15) is 0 Å². The summed E-state index contributed by atoms with van der Waals surface area (Å²) in [6.07, 6.45) is 0. The summed E-state index contributed by atoms with van der Waals surface area (Å²) in [6, 6.07) is 6.18. The minimum Gasteiger partial charge on any atom is -0.316 e. The highest BCUT2D eigenvalue weighted by Gasteiger charge is 1.98. The molecule has 0 spiro atoms. The number of hydrogen-bond donors (Lipinski definition) is 1. The molecule has 0 saturated heterocycles. The van der Waals surface area contributed by atoms with Gasteiger partial charge in [-0.05, 0) is 36.6 Å². The van der Waals surface area contributed by atoms with Crippen LogP contribution >= 0.6 is 23.4 Å². The lowest BCUT2D eigenvalue weighted by Crippen LogP contribution is -2.04. The second-order valence-corrected chi connectivity index (χ2v) is 4.53. The van der Waals surface area contributed by atoms with E-state index in [0.717, 1.165) is 17.3 Å². The van der Waals surface area contributed by atoms with Gasteiger partial charge in [-0.3, -0.25) is 0 Å². The molecule has 1 rings (SSSR count). The van der Waals surface area contributed by atoms with Crippen molar-refractivity contribution in [3.8, 4) is 0 Å². The Morgan fingerprint density at radius 1 is 1.38 bits per heavy atom. The standard InChI is InChI=1S/C10H14ClNS/c1-3-13-10-5-8(7-12-2)4-9(11)6-10/h4-6,12H,3,7H2,1-2H3. The second-order valence-electron chi connectivity index (χ2n) is 2.76. The van der Waals surface area contributed by atoms with Gasteiger partial charge in [0.1, 0.15) is 0 Å². The van der Waals surface area contributed by atoms with Crippen LogP contribution in [0.1, 0.15) is 12.5 Å². The Bertz CT molecular complexity index is 251. The zero-order chi connectivity index (χ0) is 9.68. The third-order valence-corrected chi connectivity index (χ3v) is 2.70. The summed E-state index contributed by atoms with van der Waals surface area (Å²) in [7, 11) is 1.94. The molecular formula is C10H14ClNS. The molecule has 0 atom stereocenters. The van der Waals surface area contributed by atoms with Crippen molar-refractivity contribution in [2.45, 2.75) is 18.4 Å². The van der Waals surface area contributed by atoms with Crippen molar-refractivity contribution in [3.05, 3.63) is 28.8 Å². The van der Waals surface area contributed by atoms with E-state index >= 15 is 0 Å². The molecule has 0 unspecified atom stereocenters. The third kappa shape index (κ3) is 3.59. The highest BCUT2D eigenvalue weighted by atomic mass is 35.5. The van der Waals surface area contributed by atoms with E-state index in [-0.39, 0.29) is 0 Å². The fraction of sp³-hybridized carbons (Fsp3) is 0.400. The Morgan fingerprint density at radius 2 is 2.15 bits per heavy atom. The maximum Gasteiger partial charge on any atom is 0.0420 e. The van der Waals surface area contributed by atoms with Crippen molar-refractivity contribution < 1.29 is 0 Å². The Balaban J connectivity index is 2.83. The number of rotatable bonds is 4. The number of nitrogens with one attached hydrogen (secondary N) is 1. The molecule has 0 heterocycles. The maximum absolute atomic E-state index is 5.98. The van der Waals surface area contributed by atoms with E-state index < -0.39 is 0 Å². The van der Waals surface area contributed by atoms with Crippen LogP contribution < -0.4 is 5.32 Å². The van der Waals surface area contributed by atoms with Crippen molar-refractivity contribution >= 4 is 23.4 Å². The minimum absolute atomic E-state index is 0.823. The smallest absolute Gasteiger partial charge is 0.0420 e. The average molecular weight is 216 g/mol. The molecule has 0 aliphatic carbocycles. The molecule has 0 aliphatic heterocycles. The Hall–Kier alpha value is -0.180. The first kappa shape index (κ1) is 10.9. The molecule has 1 aromatic carbocycles. The maximum atomic E-state index is 5.98. The zero-order valence-electron chi connectivity index (χ0n) is 7.93. The van der Waals surface area contributed by atoms with Gasteiger partial charge >= 0.3 is 0 Å². The van der Waals surface area contributed by atoms with Crippen molar-refractivity contribution in [2.24, 2.45) is 0 Å². The lowest BCUT2D eigenvalue weighted by Gasteiger charge is -2.04. The van der Waals surface area contributed by atoms with Crippen LogP contribution in [-0.4, -0.2) is 12.8 Å². The number of halogens is 1. The molecule has 0 aliphatic rings. The molecule has 0 fully saturated rings. The van der Waals surface area contributed by atoms with Crippen LogP contribution in [0.15, 0.2) is 23.1 Å². The van der Waals surface area contributed by atoms with Crippen LogP contribution in [0.3, 0.4) is 0 Å². The fourth-order valence-electron chi connectivity index (χ4n) is 1.18. The molecule has 0 amide bonds. The average Bonchev–Trinajstić information content (AvgIpc) is 2.04. The van der Waals surface area contributed by atoms with Gasteiger partial charge in [-0.25, -0.2) is 0 Å². The molecular weight excluding hydrogens is 202 g/mol. The summed E-state index contributed by atoms with van der Waals surface area (Å²) in [6.45, 7) is 3.02. The molecule has 1 aromatic rings. The van der Waals surface area contributed by atoms with Gasteiger partial charge in [-0.2, -0.15) is 0 Å². The summed E-state index contributed by atoms with van der Waals surface area (Å²) >= 11 is 7.80. The first-order chi connectivity index (χ1) is 6.26. The molecule has 13 heavy (non-hydrogen) atoms. The zero-order valence-corrected chi connectivity index (χ0v) is 9.50. The summed E-state index contributed by atoms with van der Waals surface area (Å²) in [4.78, 5) is 1.25. The minimum atomic E-state index is 0.823. The van der Waals surface area contributed by atoms with Gasteiger partial charge in [-0.1, -0.05) is 18.5 Å². The van der Waals surface area contributed by atoms with E-state index in [1.54, 1.807) is 0 Å². The predicted molar refractivity (Wildman–Crippen MR) is 60.6 cm³/mol. The summed E-state index contributed by atoms with van der Waals surface area (Å²) in [5.41, 5.74) is 1.24. The fourth-order valence-corrected chi connectivity index (χ4v) is 2.28. The predicted octanol–water partition coefficient (Wildman–Crippen LogP) is 3.17. The molecule has 0 saturated carbocycles. The number of benzene rings is 1. The van der Waals surface area contributed by atoms with Gasteiger partial charge in [0.25, 0.3) is 0 Å². The Labute approximate surface area is 88.9 Å². The summed E-state index contributed by atoms with van der Waals surface area (Å²) in [5.74, 6) is 1.08. The lowest BCUT2D eigenvalue weighted by atomic mass is 10.2. The van der Waals surface area contributed by atoms with Gasteiger partial charge in [0.05, 0.1) is 0 Å². The largest absolute Gasteiger partial charge is 0.316 e. The van der Waals surface area contributed by atoms with Gasteiger partial charge in [0.2, 0.25) is 0 Å². The van der Waals surface area contributed by atoms with E-state index in [4.69, 9.17) is 11.6 Å². The summed E-state index contributed by atoms with van der Waals surface area (Å²) < 4.78 is 0. The molecule has 3 heteroatoms. The number of hydrogen-bond acceptors (Lipinski definition) is 2. The molecule has 1 nitrogen and oxygen atoms in total. The Morgan fingerprint density at radius 3 is 2.77 bits per heavy atom. The highest BCUT2D eigenvalue weighted by molar-refractivity contribution is 7.99. The topological polar surface area (TPSA) is 12.0 Å². The van der Waals surface area contributed by atoms with Crippen molar-refractivity contribution in [1.82, 2.24) is 5.32 Å². The van der Waals surface area contributed by atoms with Crippen molar-refractivity contribution in [2.75, 3.05) is 12.8 Å². The molecule has 0 radical (unpaired) electrons. The van der Waals surface area contributed by atoms with E-state index in [0.29, 0.717) is 0 Å². The molecule has 72 valence electrons. The van der Waals surface area contributed by atoms with Crippen molar-refractivity contribution in [1.29, 1.82) is 0 Å². The first-order valence-corrected chi connectivity index (χ1v) is 5.69. The molecule has 1 N–H and O–H groups in total. The van der Waals surface area contributed by atoms with Crippen LogP contribution in [-0.2, 0) is 6.54 Å². The van der Waals surface area contributed by atoms with Gasteiger partial charge in [0, 0.05) is 16.5 Å². The molecule has 0 bridgehead atoms. The van der Waals surface area contributed by atoms with E-state index in [1.807, 2.05) is 30.9 Å².